The summed E-state index contributed by atoms with van der Waals surface area (Å²) >= 11 is 0. The maximum Gasteiger partial charge on any atom is 0.116 e. The zero-order valence-electron chi connectivity index (χ0n) is 16.4. The lowest BCUT2D eigenvalue weighted by atomic mass is 9.79. The molecule has 0 heterocycles. The van der Waals surface area contributed by atoms with Crippen LogP contribution in [0.1, 0.15) is 23.1 Å². The molecule has 0 aliphatic heterocycles. The monoisotopic (exact) mass is 391 g/mol. The molecule has 0 unspecified atom stereocenters. The van der Waals surface area contributed by atoms with Crippen molar-refractivity contribution in [3.05, 3.63) is 95.1 Å². The van der Waals surface area contributed by atoms with E-state index in [1.807, 2.05) is 12.1 Å². The molecular weight excluding hydrogens is 366 g/mol. The first kappa shape index (κ1) is 20.2. The molecule has 28 heavy (non-hydrogen) atoms. The molecule has 3 heteroatoms. The Morgan fingerprint density at radius 1 is 0.786 bits per heavy atom. The van der Waals surface area contributed by atoms with Crippen LogP contribution in [0.4, 0.5) is 0 Å². The molecule has 0 saturated carbocycles. The Bertz CT molecular complexity index is 992. The molecule has 0 saturated heterocycles. The predicted molar refractivity (Wildman–Crippen MR) is 120 cm³/mol. The van der Waals surface area contributed by atoms with Gasteiger partial charge in [0.1, 0.15) is 5.75 Å². The number of nitrogens with zero attached hydrogens (tertiary/aromatic N) is 1. The molecule has 144 valence electrons. The zero-order valence-corrected chi connectivity index (χ0v) is 17.2. The first-order valence-electron chi connectivity index (χ1n) is 9.47. The van der Waals surface area contributed by atoms with Crippen molar-refractivity contribution in [2.24, 2.45) is 0 Å². The van der Waals surface area contributed by atoms with Gasteiger partial charge in [0.2, 0.25) is 0 Å². The highest BCUT2D eigenvalue weighted by atomic mass is 35.5. The maximum atomic E-state index is 10.1. The van der Waals surface area contributed by atoms with Gasteiger partial charge in [-0.15, -0.1) is 12.4 Å². The van der Waals surface area contributed by atoms with E-state index in [0.29, 0.717) is 5.75 Å². The SMILES string of the molecule is CN(C)CC1=C(c2cccc(O)c2)c2cccc(-c3ccccc3)c2CC1.Cl. The molecule has 3 aromatic rings. The molecule has 0 radical (unpaired) electrons. The van der Waals surface area contributed by atoms with Crippen molar-refractivity contribution in [1.29, 1.82) is 0 Å². The number of rotatable bonds is 4. The van der Waals surface area contributed by atoms with E-state index in [4.69, 9.17) is 0 Å². The molecule has 0 atom stereocenters. The molecule has 1 N–H and O–H groups in total. The largest absolute Gasteiger partial charge is 0.508 e. The standard InChI is InChI=1S/C25H25NO.ClH/c1-26(2)17-20-14-15-23-22(18-8-4-3-5-9-18)12-7-13-24(23)25(20)19-10-6-11-21(27)16-19;/h3-13,16,27H,14-15,17H2,1-2H3;1H. The van der Waals surface area contributed by atoms with Crippen LogP contribution in [0.5, 0.6) is 5.75 Å². The van der Waals surface area contributed by atoms with Crippen LogP contribution in [-0.2, 0) is 6.42 Å². The van der Waals surface area contributed by atoms with Crippen LogP contribution >= 0.6 is 12.4 Å². The van der Waals surface area contributed by atoms with Gasteiger partial charge in [0.25, 0.3) is 0 Å². The third kappa shape index (κ3) is 3.99. The summed E-state index contributed by atoms with van der Waals surface area (Å²) in [5.41, 5.74) is 9.09. The van der Waals surface area contributed by atoms with Crippen LogP contribution < -0.4 is 0 Å². The molecule has 0 spiro atoms. The second-order valence-corrected chi connectivity index (χ2v) is 7.46. The second-order valence-electron chi connectivity index (χ2n) is 7.46. The topological polar surface area (TPSA) is 23.5 Å². The van der Waals surface area contributed by atoms with Crippen molar-refractivity contribution in [2.75, 3.05) is 20.6 Å². The van der Waals surface area contributed by atoms with Gasteiger partial charge in [-0.05, 0) is 78.0 Å². The molecular formula is C25H26ClNO. The van der Waals surface area contributed by atoms with Crippen LogP contribution in [0, 0.1) is 0 Å². The van der Waals surface area contributed by atoms with Gasteiger partial charge in [-0.1, -0.05) is 60.7 Å². The minimum absolute atomic E-state index is 0. The van der Waals surface area contributed by atoms with Gasteiger partial charge in [-0.3, -0.25) is 0 Å². The number of phenols is 1. The number of benzene rings is 3. The molecule has 1 aliphatic carbocycles. The molecule has 0 amide bonds. The zero-order chi connectivity index (χ0) is 18.8. The smallest absolute Gasteiger partial charge is 0.116 e. The molecule has 0 bridgehead atoms. The summed E-state index contributed by atoms with van der Waals surface area (Å²) in [7, 11) is 4.23. The van der Waals surface area contributed by atoms with Gasteiger partial charge in [-0.25, -0.2) is 0 Å². The minimum atomic E-state index is 0. The van der Waals surface area contributed by atoms with Gasteiger partial charge in [0, 0.05) is 6.54 Å². The summed E-state index contributed by atoms with van der Waals surface area (Å²) in [6, 6.07) is 24.9. The quantitative estimate of drug-likeness (QED) is 0.608. The van der Waals surface area contributed by atoms with Gasteiger partial charge in [-0.2, -0.15) is 0 Å². The van der Waals surface area contributed by atoms with Gasteiger partial charge in [0.05, 0.1) is 0 Å². The van der Waals surface area contributed by atoms with Crippen molar-refractivity contribution >= 4 is 18.0 Å². The van der Waals surface area contributed by atoms with Gasteiger partial charge in [0.15, 0.2) is 0 Å². The van der Waals surface area contributed by atoms with Crippen molar-refractivity contribution in [3.63, 3.8) is 0 Å². The van der Waals surface area contributed by atoms with E-state index in [2.05, 4.69) is 73.6 Å². The van der Waals surface area contributed by atoms with Crippen molar-refractivity contribution in [3.8, 4) is 16.9 Å². The lowest BCUT2D eigenvalue weighted by molar-refractivity contribution is 0.439. The average molecular weight is 392 g/mol. The van der Waals surface area contributed by atoms with Gasteiger partial charge < -0.3 is 10.0 Å². The van der Waals surface area contributed by atoms with E-state index >= 15 is 0 Å². The van der Waals surface area contributed by atoms with Crippen molar-refractivity contribution < 1.29 is 5.11 Å². The number of likely N-dealkylation sites (N-methyl/N-ethyl adjacent to an activating group) is 1. The highest BCUT2D eigenvalue weighted by Crippen LogP contribution is 2.41. The summed E-state index contributed by atoms with van der Waals surface area (Å²) in [6.07, 6.45) is 2.09. The third-order valence-corrected chi connectivity index (χ3v) is 5.20. The summed E-state index contributed by atoms with van der Waals surface area (Å²) in [4.78, 5) is 2.23. The summed E-state index contributed by atoms with van der Waals surface area (Å²) in [6.45, 7) is 0.931. The van der Waals surface area contributed by atoms with Gasteiger partial charge >= 0.3 is 0 Å². The van der Waals surface area contributed by atoms with Crippen LogP contribution in [0.25, 0.3) is 16.7 Å². The lowest BCUT2D eigenvalue weighted by Gasteiger charge is -2.28. The Balaban J connectivity index is 0.00000225. The Morgan fingerprint density at radius 3 is 2.18 bits per heavy atom. The normalized spacial score (nSPS) is 13.2. The third-order valence-electron chi connectivity index (χ3n) is 5.20. The van der Waals surface area contributed by atoms with Crippen LogP contribution in [0.2, 0.25) is 0 Å². The fourth-order valence-electron chi connectivity index (χ4n) is 4.13. The van der Waals surface area contributed by atoms with Crippen LogP contribution in [-0.4, -0.2) is 30.6 Å². The highest BCUT2D eigenvalue weighted by molar-refractivity contribution is 5.88. The Kier molecular flexibility index (Phi) is 6.23. The molecule has 1 aliphatic rings. The number of aromatic hydroxyl groups is 1. The van der Waals surface area contributed by atoms with Crippen LogP contribution in [0.3, 0.4) is 0 Å². The average Bonchev–Trinajstić information content (AvgIpc) is 2.67. The minimum Gasteiger partial charge on any atom is -0.508 e. The van der Waals surface area contributed by atoms with Crippen LogP contribution in [0.15, 0.2) is 78.4 Å². The molecule has 3 aromatic carbocycles. The van der Waals surface area contributed by atoms with E-state index in [9.17, 15) is 5.11 Å². The number of hydrogen-bond acceptors (Lipinski definition) is 2. The first-order chi connectivity index (χ1) is 13.1. The first-order valence-corrected chi connectivity index (χ1v) is 9.47. The van der Waals surface area contributed by atoms with Crippen molar-refractivity contribution in [2.45, 2.75) is 12.8 Å². The fourth-order valence-corrected chi connectivity index (χ4v) is 4.13. The van der Waals surface area contributed by atoms with E-state index in [-0.39, 0.29) is 12.4 Å². The molecule has 2 nitrogen and oxygen atoms in total. The Labute approximate surface area is 173 Å². The van der Waals surface area contributed by atoms with E-state index < -0.39 is 0 Å². The molecule has 4 rings (SSSR count). The van der Waals surface area contributed by atoms with E-state index in [1.54, 1.807) is 6.07 Å². The number of hydrogen-bond donors (Lipinski definition) is 1. The maximum absolute atomic E-state index is 10.1. The summed E-state index contributed by atoms with van der Waals surface area (Å²) in [5, 5.41) is 10.1. The summed E-state index contributed by atoms with van der Waals surface area (Å²) in [5.74, 6) is 0.315. The Hall–Kier alpha value is -2.55. The number of phenolic OH excluding ortho intramolecular Hbond substituents is 1. The fraction of sp³-hybridized carbons (Fsp3) is 0.200. The van der Waals surface area contributed by atoms with E-state index in [1.165, 1.54) is 33.4 Å². The molecule has 0 fully saturated rings. The highest BCUT2D eigenvalue weighted by Gasteiger charge is 2.23. The lowest BCUT2D eigenvalue weighted by Crippen LogP contribution is -2.19. The van der Waals surface area contributed by atoms with E-state index in [0.717, 1.165) is 24.9 Å². The number of halogens is 1. The van der Waals surface area contributed by atoms with Crippen molar-refractivity contribution in [1.82, 2.24) is 4.90 Å². The molecule has 0 aromatic heterocycles. The number of fused-ring (bicyclic) bond motifs is 1. The second kappa shape index (κ2) is 8.64. The predicted octanol–water partition coefficient (Wildman–Crippen LogP) is 5.79. The Morgan fingerprint density at radius 2 is 1.46 bits per heavy atom. The summed E-state index contributed by atoms with van der Waals surface area (Å²) < 4.78 is 0.